The van der Waals surface area contributed by atoms with Crippen molar-refractivity contribution in [1.29, 1.82) is 0 Å². The van der Waals surface area contributed by atoms with Crippen molar-refractivity contribution in [3.05, 3.63) is 4.72 Å². The topological polar surface area (TPSA) is 88.7 Å². The third-order valence-corrected chi connectivity index (χ3v) is 1.44. The van der Waals surface area contributed by atoms with Crippen molar-refractivity contribution < 1.29 is 18.6 Å². The van der Waals surface area contributed by atoms with E-state index in [1.54, 1.807) is 0 Å². The van der Waals surface area contributed by atoms with Crippen LogP contribution in [-0.4, -0.2) is 44.1 Å². The van der Waals surface area contributed by atoms with Crippen LogP contribution in [0.25, 0.3) is 4.72 Å². The molecule has 0 bridgehead atoms. The van der Waals surface area contributed by atoms with E-state index >= 15 is 0 Å². The summed E-state index contributed by atoms with van der Waals surface area (Å²) in [4.78, 5) is 0. The van der Waals surface area contributed by atoms with Gasteiger partial charge in [0.1, 0.15) is 0 Å². The van der Waals surface area contributed by atoms with Crippen molar-refractivity contribution in [3.63, 3.8) is 0 Å². The number of aliphatic hydroxyl groups excluding tert-OH is 2. The molecule has 5 nitrogen and oxygen atoms in total. The third-order valence-electron chi connectivity index (χ3n) is 0.762. The summed E-state index contributed by atoms with van der Waals surface area (Å²) >= 11 is 0. The van der Waals surface area contributed by atoms with E-state index in [1.165, 1.54) is 0 Å². The van der Waals surface area contributed by atoms with Crippen LogP contribution in [-0.2, 0) is 10.0 Å². The van der Waals surface area contributed by atoms with Gasteiger partial charge in [0.2, 0.25) is 0 Å². The fraction of sp³-hybridized carbons (Fsp3) is 1.00. The Hall–Kier alpha value is -0.170. The van der Waals surface area contributed by atoms with Crippen LogP contribution >= 0.6 is 0 Å². The Labute approximate surface area is 59.7 Å². The van der Waals surface area contributed by atoms with Crippen molar-refractivity contribution in [2.45, 2.75) is 6.04 Å². The van der Waals surface area contributed by atoms with Gasteiger partial charge in [0.25, 0.3) is 0 Å². The van der Waals surface area contributed by atoms with E-state index < -0.39 is 29.3 Å². The first-order chi connectivity index (χ1) is 4.49. The molecule has 0 aliphatic carbocycles. The molecule has 0 aliphatic rings. The zero-order chi connectivity index (χ0) is 8.20. The van der Waals surface area contributed by atoms with Crippen LogP contribution in [0.5, 0.6) is 0 Å². The highest BCUT2D eigenvalue weighted by atomic mass is 32.2. The quantitative estimate of drug-likeness (QED) is 0.544. The summed E-state index contributed by atoms with van der Waals surface area (Å²) < 4.78 is 23.9. The predicted molar refractivity (Wildman–Crippen MR) is 36.2 cm³/mol. The second kappa shape index (κ2) is 3.87. The highest BCUT2D eigenvalue weighted by Crippen LogP contribution is 2.04. The molecule has 0 heterocycles. The number of nitrogens with zero attached hydrogens (tertiary/aromatic N) is 1. The molecule has 0 rings (SSSR count). The fourth-order valence-corrected chi connectivity index (χ4v) is 1.07. The van der Waals surface area contributed by atoms with Crippen molar-refractivity contribution in [2.24, 2.45) is 0 Å². The Morgan fingerprint density at radius 3 is 1.90 bits per heavy atom. The van der Waals surface area contributed by atoms with E-state index in [0.29, 0.717) is 0 Å². The lowest BCUT2D eigenvalue weighted by Gasteiger charge is -2.25. The normalized spacial score (nSPS) is 12.4. The number of rotatable bonds is 4. The van der Waals surface area contributed by atoms with Gasteiger partial charge in [-0.3, -0.25) is 0 Å². The maximum absolute atomic E-state index is 10.4. The summed E-state index contributed by atoms with van der Waals surface area (Å²) in [5, 5.41) is 16.7. The molecule has 10 heavy (non-hydrogen) atoms. The van der Waals surface area contributed by atoms with Gasteiger partial charge in [0.15, 0.2) is 0 Å². The minimum absolute atomic E-state index is 0.455. The van der Waals surface area contributed by atoms with Crippen LogP contribution in [0, 0.1) is 0 Å². The Morgan fingerprint density at radius 2 is 1.80 bits per heavy atom. The number of sulfonamides is 1. The Kier molecular flexibility index (Phi) is 3.80. The molecule has 0 aromatic rings. The largest absolute Gasteiger partial charge is 0.543 e. The SMILES string of the molecule is CS(=O)(=O)[N-]C(CO)CO. The van der Waals surface area contributed by atoms with Crippen LogP contribution in [0.1, 0.15) is 0 Å². The molecule has 0 aromatic carbocycles. The number of aliphatic hydroxyl groups is 2. The molecule has 62 valence electrons. The van der Waals surface area contributed by atoms with Crippen LogP contribution in [0.3, 0.4) is 0 Å². The summed E-state index contributed by atoms with van der Waals surface area (Å²) in [6, 6.07) is -0.907. The smallest absolute Gasteiger partial charge is 0.0695 e. The second-order valence-electron chi connectivity index (χ2n) is 1.86. The highest BCUT2D eigenvalue weighted by Gasteiger charge is 1.96. The van der Waals surface area contributed by atoms with E-state index in [4.69, 9.17) is 10.2 Å². The molecule has 0 aliphatic heterocycles. The van der Waals surface area contributed by atoms with Crippen molar-refractivity contribution in [3.8, 4) is 0 Å². The number of hydrogen-bond donors (Lipinski definition) is 2. The first-order valence-corrected chi connectivity index (χ1v) is 4.48. The minimum Gasteiger partial charge on any atom is -0.543 e. The molecule has 2 N–H and O–H groups in total. The van der Waals surface area contributed by atoms with Gasteiger partial charge in [-0.25, -0.2) is 8.42 Å². The second-order valence-corrected chi connectivity index (χ2v) is 3.53. The van der Waals surface area contributed by atoms with Crippen LogP contribution in [0.2, 0.25) is 0 Å². The summed E-state index contributed by atoms with van der Waals surface area (Å²) in [7, 11) is -3.44. The van der Waals surface area contributed by atoms with Gasteiger partial charge in [-0.1, -0.05) is 6.04 Å². The molecule has 0 saturated heterocycles. The summed E-state index contributed by atoms with van der Waals surface area (Å²) in [6.07, 6.45) is 0.908. The number of hydrogen-bond acceptors (Lipinski definition) is 4. The van der Waals surface area contributed by atoms with Gasteiger partial charge in [-0.2, -0.15) is 0 Å². The van der Waals surface area contributed by atoms with Gasteiger partial charge >= 0.3 is 0 Å². The molecular formula is C4H10NO4S-. The first kappa shape index (κ1) is 9.83. The lowest BCUT2D eigenvalue weighted by molar-refractivity contribution is 0.210. The molecule has 0 spiro atoms. The van der Waals surface area contributed by atoms with Gasteiger partial charge < -0.3 is 14.9 Å². The molecule has 0 amide bonds. The highest BCUT2D eigenvalue weighted by molar-refractivity contribution is 7.93. The van der Waals surface area contributed by atoms with Gasteiger partial charge in [0.05, 0.1) is 10.0 Å². The Balaban J connectivity index is 3.87. The lowest BCUT2D eigenvalue weighted by Crippen LogP contribution is -2.19. The zero-order valence-electron chi connectivity index (χ0n) is 5.56. The Morgan fingerprint density at radius 1 is 1.40 bits per heavy atom. The maximum Gasteiger partial charge on any atom is 0.0695 e. The molecule has 0 fully saturated rings. The van der Waals surface area contributed by atoms with Gasteiger partial charge in [-0.15, -0.1) is 0 Å². The Bertz CT molecular complexity index is 172. The predicted octanol–water partition coefficient (Wildman–Crippen LogP) is -1.33. The summed E-state index contributed by atoms with van der Waals surface area (Å²) in [5.74, 6) is 0. The molecular weight excluding hydrogens is 158 g/mol. The summed E-state index contributed by atoms with van der Waals surface area (Å²) in [6.45, 7) is -0.910. The molecule has 0 radical (unpaired) electrons. The standard InChI is InChI=1S/C4H10NO4S/c1-10(8,9)5-4(2-6)3-7/h4,6-7H,2-3H2,1H3/q-1. The van der Waals surface area contributed by atoms with E-state index in [0.717, 1.165) is 6.26 Å². The lowest BCUT2D eigenvalue weighted by atomic mass is 10.4. The molecule has 0 atom stereocenters. The van der Waals surface area contributed by atoms with Crippen molar-refractivity contribution >= 4 is 10.0 Å². The van der Waals surface area contributed by atoms with E-state index in [1.807, 2.05) is 0 Å². The molecule has 0 unspecified atom stereocenters. The monoisotopic (exact) mass is 168 g/mol. The zero-order valence-corrected chi connectivity index (χ0v) is 6.37. The minimum atomic E-state index is -3.44. The van der Waals surface area contributed by atoms with Crippen LogP contribution < -0.4 is 0 Å². The summed E-state index contributed by atoms with van der Waals surface area (Å²) in [5.41, 5.74) is 0. The van der Waals surface area contributed by atoms with Crippen molar-refractivity contribution in [1.82, 2.24) is 0 Å². The maximum atomic E-state index is 10.4. The third kappa shape index (κ3) is 4.68. The first-order valence-electron chi connectivity index (χ1n) is 2.63. The average molecular weight is 168 g/mol. The molecule has 6 heteroatoms. The molecule has 0 saturated carbocycles. The molecule has 0 aromatic heterocycles. The van der Waals surface area contributed by atoms with Crippen LogP contribution in [0.4, 0.5) is 0 Å². The van der Waals surface area contributed by atoms with Gasteiger partial charge in [0, 0.05) is 19.5 Å². The van der Waals surface area contributed by atoms with Gasteiger partial charge in [-0.05, 0) is 0 Å². The van der Waals surface area contributed by atoms with E-state index in [-0.39, 0.29) is 0 Å². The van der Waals surface area contributed by atoms with Crippen LogP contribution in [0.15, 0.2) is 0 Å². The van der Waals surface area contributed by atoms with E-state index in [9.17, 15) is 8.42 Å². The van der Waals surface area contributed by atoms with Crippen molar-refractivity contribution in [2.75, 3.05) is 19.5 Å². The fourth-order valence-electron chi connectivity index (χ4n) is 0.395. The van der Waals surface area contributed by atoms with E-state index in [2.05, 4.69) is 4.72 Å². The average Bonchev–Trinajstić information content (AvgIpc) is 1.81.